The van der Waals surface area contributed by atoms with Crippen LogP contribution >= 0.6 is 0 Å². The van der Waals surface area contributed by atoms with Crippen LogP contribution < -0.4 is 0 Å². The lowest BCUT2D eigenvalue weighted by atomic mass is 9.99. The molecule has 2 aromatic heterocycles. The van der Waals surface area contributed by atoms with Crippen LogP contribution in [-0.2, 0) is 16.1 Å². The fourth-order valence-electron chi connectivity index (χ4n) is 3.32. The molecule has 0 bridgehead atoms. The summed E-state index contributed by atoms with van der Waals surface area (Å²) < 4.78 is 5.51. The van der Waals surface area contributed by atoms with Crippen LogP contribution in [0, 0.1) is 6.92 Å². The Morgan fingerprint density at radius 1 is 1.11 bits per heavy atom. The number of amides is 1. The first-order chi connectivity index (χ1) is 13.6. The molecular formula is C22H18N2O4. The number of pyridine rings is 1. The molecule has 4 rings (SSSR count). The van der Waals surface area contributed by atoms with Crippen molar-refractivity contribution in [3.05, 3.63) is 95.2 Å². The Labute approximate surface area is 161 Å². The molecule has 6 nitrogen and oxygen atoms in total. The number of ketones is 1. The van der Waals surface area contributed by atoms with Gasteiger partial charge in [-0.25, -0.2) is 0 Å². The molecule has 140 valence electrons. The summed E-state index contributed by atoms with van der Waals surface area (Å²) in [6.07, 6.45) is 3.10. The molecule has 0 saturated carbocycles. The molecule has 1 fully saturated rings. The van der Waals surface area contributed by atoms with E-state index in [9.17, 15) is 14.7 Å². The van der Waals surface area contributed by atoms with Gasteiger partial charge >= 0.3 is 0 Å². The van der Waals surface area contributed by atoms with E-state index >= 15 is 0 Å². The van der Waals surface area contributed by atoms with Crippen molar-refractivity contribution in [1.82, 2.24) is 9.88 Å². The van der Waals surface area contributed by atoms with E-state index in [1.165, 1.54) is 11.2 Å². The first-order valence-corrected chi connectivity index (χ1v) is 8.85. The smallest absolute Gasteiger partial charge is 0.296 e. The molecule has 0 aliphatic carbocycles. The van der Waals surface area contributed by atoms with Gasteiger partial charge in [0.1, 0.15) is 17.6 Å². The number of hydrogen-bond acceptors (Lipinski definition) is 5. The number of aryl methyl sites for hydroxylation is 1. The molecule has 28 heavy (non-hydrogen) atoms. The summed E-state index contributed by atoms with van der Waals surface area (Å²) in [7, 11) is 0. The van der Waals surface area contributed by atoms with Crippen molar-refractivity contribution in [2.75, 3.05) is 0 Å². The van der Waals surface area contributed by atoms with Crippen LogP contribution in [0.1, 0.15) is 28.6 Å². The van der Waals surface area contributed by atoms with Gasteiger partial charge in [-0.15, -0.1) is 0 Å². The number of benzene rings is 1. The van der Waals surface area contributed by atoms with E-state index < -0.39 is 17.7 Å². The standard InChI is InChI=1S/C22H18N2O4/c1-14-7-9-15(10-8-14)20(25)18-19(17-6-4-12-28-17)24(22(27)21(18)26)13-16-5-2-3-11-23-16/h2-12,19,25H,13H2,1H3/b20-18-. The van der Waals surface area contributed by atoms with E-state index in [0.717, 1.165) is 5.56 Å². The molecule has 1 aliphatic rings. The second kappa shape index (κ2) is 7.15. The number of aliphatic hydroxyl groups is 1. The largest absolute Gasteiger partial charge is 0.507 e. The molecule has 6 heteroatoms. The predicted octanol–water partition coefficient (Wildman–Crippen LogP) is 3.60. The Morgan fingerprint density at radius 3 is 2.54 bits per heavy atom. The SMILES string of the molecule is Cc1ccc(/C(O)=C2/C(=O)C(=O)N(Cc3ccccn3)C2c2ccco2)cc1. The fraction of sp³-hybridized carbons (Fsp3) is 0.136. The zero-order valence-electron chi connectivity index (χ0n) is 15.2. The first-order valence-electron chi connectivity index (χ1n) is 8.85. The second-order valence-electron chi connectivity index (χ2n) is 6.63. The van der Waals surface area contributed by atoms with Gasteiger partial charge in [-0.3, -0.25) is 14.6 Å². The highest BCUT2D eigenvalue weighted by Gasteiger charge is 2.47. The van der Waals surface area contributed by atoms with Crippen molar-refractivity contribution in [3.8, 4) is 0 Å². The lowest BCUT2D eigenvalue weighted by molar-refractivity contribution is -0.140. The van der Waals surface area contributed by atoms with Crippen LogP contribution in [-0.4, -0.2) is 26.7 Å². The maximum absolute atomic E-state index is 12.8. The lowest BCUT2D eigenvalue weighted by Gasteiger charge is -2.22. The minimum absolute atomic E-state index is 0.0136. The van der Waals surface area contributed by atoms with E-state index in [1.807, 2.05) is 25.1 Å². The predicted molar refractivity (Wildman–Crippen MR) is 102 cm³/mol. The van der Waals surface area contributed by atoms with Gasteiger partial charge in [0.15, 0.2) is 0 Å². The van der Waals surface area contributed by atoms with Gasteiger partial charge in [-0.2, -0.15) is 0 Å². The number of carbonyl (C=O) groups excluding carboxylic acids is 2. The van der Waals surface area contributed by atoms with E-state index in [-0.39, 0.29) is 17.9 Å². The molecule has 1 aliphatic heterocycles. The van der Waals surface area contributed by atoms with Gasteiger partial charge in [-0.1, -0.05) is 35.9 Å². The number of furan rings is 1. The highest BCUT2D eigenvalue weighted by atomic mass is 16.3. The number of likely N-dealkylation sites (tertiary alicyclic amines) is 1. The summed E-state index contributed by atoms with van der Waals surface area (Å²) in [5.41, 5.74) is 2.14. The van der Waals surface area contributed by atoms with Crippen LogP contribution in [0.4, 0.5) is 0 Å². The normalized spacial score (nSPS) is 18.6. The number of Topliss-reactive ketones (excluding diaryl/α,β-unsaturated/α-hetero) is 1. The zero-order valence-corrected chi connectivity index (χ0v) is 15.2. The van der Waals surface area contributed by atoms with E-state index in [1.54, 1.807) is 42.6 Å². The quantitative estimate of drug-likeness (QED) is 0.428. The minimum Gasteiger partial charge on any atom is -0.507 e. The first kappa shape index (κ1) is 17.7. The Morgan fingerprint density at radius 2 is 1.89 bits per heavy atom. The summed E-state index contributed by atoms with van der Waals surface area (Å²) in [6.45, 7) is 2.06. The number of aromatic nitrogens is 1. The average Bonchev–Trinajstić information content (AvgIpc) is 3.32. The second-order valence-corrected chi connectivity index (χ2v) is 6.63. The molecule has 3 heterocycles. The highest BCUT2D eigenvalue weighted by Crippen LogP contribution is 2.40. The Bertz CT molecular complexity index is 1040. The van der Waals surface area contributed by atoms with Gasteiger partial charge in [0.05, 0.1) is 24.1 Å². The lowest BCUT2D eigenvalue weighted by Crippen LogP contribution is -2.29. The minimum atomic E-state index is -0.821. The molecule has 1 amide bonds. The number of hydrogen-bond donors (Lipinski definition) is 1. The van der Waals surface area contributed by atoms with Crippen LogP contribution in [0.2, 0.25) is 0 Å². The van der Waals surface area contributed by atoms with Crippen molar-refractivity contribution in [3.63, 3.8) is 0 Å². The number of rotatable bonds is 4. The van der Waals surface area contributed by atoms with Gasteiger partial charge < -0.3 is 14.4 Å². The van der Waals surface area contributed by atoms with E-state index in [0.29, 0.717) is 17.0 Å². The molecular weight excluding hydrogens is 356 g/mol. The van der Waals surface area contributed by atoms with Crippen molar-refractivity contribution in [1.29, 1.82) is 0 Å². The van der Waals surface area contributed by atoms with E-state index in [4.69, 9.17) is 4.42 Å². The number of nitrogens with zero attached hydrogens (tertiary/aromatic N) is 2. The zero-order chi connectivity index (χ0) is 19.7. The molecule has 1 unspecified atom stereocenters. The maximum atomic E-state index is 12.8. The summed E-state index contributed by atoms with van der Waals surface area (Å²) >= 11 is 0. The Hall–Kier alpha value is -3.67. The third-order valence-corrected chi connectivity index (χ3v) is 4.74. The van der Waals surface area contributed by atoms with Gasteiger partial charge in [0.2, 0.25) is 0 Å². The molecule has 1 N–H and O–H groups in total. The highest BCUT2D eigenvalue weighted by molar-refractivity contribution is 6.46. The molecule has 0 radical (unpaired) electrons. The van der Waals surface area contributed by atoms with Crippen molar-refractivity contribution >= 4 is 17.4 Å². The van der Waals surface area contributed by atoms with Gasteiger partial charge in [-0.05, 0) is 31.2 Å². The number of carbonyl (C=O) groups is 2. The Balaban J connectivity index is 1.83. The molecule has 1 aromatic carbocycles. The van der Waals surface area contributed by atoms with Gasteiger partial charge in [0, 0.05) is 11.8 Å². The fourth-order valence-corrected chi connectivity index (χ4v) is 3.32. The monoisotopic (exact) mass is 374 g/mol. The molecule has 1 atom stereocenters. The van der Waals surface area contributed by atoms with Crippen LogP contribution in [0.5, 0.6) is 0 Å². The third kappa shape index (κ3) is 3.09. The van der Waals surface area contributed by atoms with Crippen molar-refractivity contribution < 1.29 is 19.1 Å². The molecule has 3 aromatic rings. The van der Waals surface area contributed by atoms with Crippen LogP contribution in [0.25, 0.3) is 5.76 Å². The summed E-state index contributed by atoms with van der Waals surface area (Å²) in [4.78, 5) is 31.2. The van der Waals surface area contributed by atoms with E-state index in [2.05, 4.69) is 4.98 Å². The molecule has 1 saturated heterocycles. The summed E-state index contributed by atoms with van der Waals surface area (Å²) in [5, 5.41) is 10.9. The average molecular weight is 374 g/mol. The summed E-state index contributed by atoms with van der Waals surface area (Å²) in [5.74, 6) is -1.25. The Kier molecular flexibility index (Phi) is 4.53. The van der Waals surface area contributed by atoms with Crippen LogP contribution in [0.15, 0.2) is 77.0 Å². The maximum Gasteiger partial charge on any atom is 0.296 e. The van der Waals surface area contributed by atoms with Gasteiger partial charge in [0.25, 0.3) is 11.7 Å². The topological polar surface area (TPSA) is 83.6 Å². The molecule has 0 spiro atoms. The van der Waals surface area contributed by atoms with Crippen molar-refractivity contribution in [2.45, 2.75) is 19.5 Å². The number of aliphatic hydroxyl groups excluding tert-OH is 1. The van der Waals surface area contributed by atoms with Crippen molar-refractivity contribution in [2.24, 2.45) is 0 Å². The third-order valence-electron chi connectivity index (χ3n) is 4.74. The summed E-state index contributed by atoms with van der Waals surface area (Å²) in [6, 6.07) is 15.0. The van der Waals surface area contributed by atoms with Crippen LogP contribution in [0.3, 0.4) is 0 Å².